The standard InChI is InChI=1S/C25H23BrF2N2O8S/c1-4-29-25(33)13-5-7-18(17(9-13)30-39(34,35)20-8-6-15(27)12-16(20)28)38-23-19(36-2)10-14(11-21(31)32)22(26)24(23)37-3/h5-10,12,30H,4,11H2,1-3H3,(H,29,33)(H,31,32). The maximum Gasteiger partial charge on any atom is 0.307 e. The van der Waals surface area contributed by atoms with Crippen LogP contribution in [0.15, 0.2) is 51.8 Å². The van der Waals surface area contributed by atoms with Crippen LogP contribution in [0.1, 0.15) is 22.8 Å². The largest absolute Gasteiger partial charge is 0.493 e. The van der Waals surface area contributed by atoms with Crippen LogP contribution in [0.5, 0.6) is 23.0 Å². The molecule has 3 aromatic carbocycles. The number of carboxylic acid groups (broad SMARTS) is 1. The number of nitrogens with one attached hydrogen (secondary N) is 2. The molecule has 3 rings (SSSR count). The number of carbonyl (C=O) groups excluding carboxylic acids is 1. The Labute approximate surface area is 231 Å². The van der Waals surface area contributed by atoms with Crippen LogP contribution in [0.2, 0.25) is 0 Å². The highest BCUT2D eigenvalue weighted by atomic mass is 79.9. The summed E-state index contributed by atoms with van der Waals surface area (Å²) in [6.45, 7) is 1.99. The zero-order valence-electron chi connectivity index (χ0n) is 20.8. The van der Waals surface area contributed by atoms with E-state index in [9.17, 15) is 31.9 Å². The number of rotatable bonds is 11. The number of sulfonamides is 1. The Hall–Kier alpha value is -3.91. The van der Waals surface area contributed by atoms with E-state index in [1.165, 1.54) is 38.5 Å². The summed E-state index contributed by atoms with van der Waals surface area (Å²) in [6, 6.07) is 7.19. The van der Waals surface area contributed by atoms with Crippen molar-refractivity contribution in [2.75, 3.05) is 25.5 Å². The number of methoxy groups -OCH3 is 2. The molecule has 0 unspecified atom stereocenters. The van der Waals surface area contributed by atoms with E-state index < -0.39 is 38.4 Å². The summed E-state index contributed by atoms with van der Waals surface area (Å²) < 4.78 is 73.0. The monoisotopic (exact) mass is 628 g/mol. The van der Waals surface area contributed by atoms with Crippen molar-refractivity contribution < 1.29 is 46.1 Å². The molecule has 10 nitrogen and oxygen atoms in total. The van der Waals surface area contributed by atoms with Crippen molar-refractivity contribution in [2.45, 2.75) is 18.2 Å². The van der Waals surface area contributed by atoms with E-state index in [0.717, 1.165) is 12.1 Å². The van der Waals surface area contributed by atoms with Gasteiger partial charge >= 0.3 is 5.97 Å². The van der Waals surface area contributed by atoms with Crippen molar-refractivity contribution in [1.29, 1.82) is 0 Å². The minimum Gasteiger partial charge on any atom is -0.493 e. The first-order valence-electron chi connectivity index (χ1n) is 11.1. The summed E-state index contributed by atoms with van der Waals surface area (Å²) in [4.78, 5) is 22.9. The van der Waals surface area contributed by atoms with Crippen LogP contribution in [0.3, 0.4) is 0 Å². The maximum absolute atomic E-state index is 14.3. The smallest absolute Gasteiger partial charge is 0.307 e. The number of amides is 1. The molecule has 0 fully saturated rings. The van der Waals surface area contributed by atoms with E-state index in [2.05, 4.69) is 26.0 Å². The fraction of sp³-hybridized carbons (Fsp3) is 0.200. The Balaban J connectivity index is 2.16. The zero-order valence-corrected chi connectivity index (χ0v) is 23.2. The highest BCUT2D eigenvalue weighted by molar-refractivity contribution is 9.10. The van der Waals surface area contributed by atoms with Gasteiger partial charge in [-0.1, -0.05) is 0 Å². The van der Waals surface area contributed by atoms with Crippen LogP contribution in [0.25, 0.3) is 0 Å². The number of hydrogen-bond acceptors (Lipinski definition) is 7. The number of anilines is 1. The molecule has 0 atom stereocenters. The van der Waals surface area contributed by atoms with Crippen LogP contribution in [0, 0.1) is 11.6 Å². The Kier molecular flexibility index (Phi) is 9.35. The molecular weight excluding hydrogens is 606 g/mol. The third-order valence-electron chi connectivity index (χ3n) is 5.20. The van der Waals surface area contributed by atoms with E-state index in [1.807, 2.05) is 0 Å². The average molecular weight is 629 g/mol. The van der Waals surface area contributed by atoms with Gasteiger partial charge in [0, 0.05) is 18.2 Å². The fourth-order valence-corrected chi connectivity index (χ4v) is 5.19. The number of benzene rings is 3. The number of carbonyl (C=O) groups is 2. The SMILES string of the molecule is CCNC(=O)c1ccc(Oc2c(OC)cc(CC(=O)O)c(Br)c2OC)c(NS(=O)(=O)c2ccc(F)cc2F)c1. The lowest BCUT2D eigenvalue weighted by atomic mass is 10.1. The van der Waals surface area contributed by atoms with Gasteiger partial charge in [-0.15, -0.1) is 0 Å². The Morgan fingerprint density at radius 1 is 1.00 bits per heavy atom. The molecule has 0 spiro atoms. The molecule has 0 heterocycles. The molecule has 3 aromatic rings. The van der Waals surface area contributed by atoms with Gasteiger partial charge in [-0.2, -0.15) is 0 Å². The predicted octanol–water partition coefficient (Wildman–Crippen LogP) is 4.71. The number of halogens is 3. The molecular formula is C25H23BrF2N2O8S. The average Bonchev–Trinajstić information content (AvgIpc) is 2.86. The molecule has 14 heteroatoms. The molecule has 3 N–H and O–H groups in total. The van der Waals surface area contributed by atoms with E-state index in [4.69, 9.17) is 14.2 Å². The van der Waals surface area contributed by atoms with E-state index >= 15 is 0 Å². The number of carboxylic acids is 1. The quantitative estimate of drug-likeness (QED) is 0.277. The third-order valence-corrected chi connectivity index (χ3v) is 7.47. The van der Waals surface area contributed by atoms with Crippen LogP contribution >= 0.6 is 15.9 Å². The second-order valence-corrected chi connectivity index (χ2v) is 10.3. The molecule has 0 aliphatic heterocycles. The lowest BCUT2D eigenvalue weighted by Crippen LogP contribution is -2.23. The minimum atomic E-state index is -4.63. The van der Waals surface area contributed by atoms with Crippen molar-refractivity contribution in [3.05, 3.63) is 69.7 Å². The molecule has 39 heavy (non-hydrogen) atoms. The van der Waals surface area contributed by atoms with Crippen molar-refractivity contribution in [2.24, 2.45) is 0 Å². The van der Waals surface area contributed by atoms with Crippen molar-refractivity contribution in [3.63, 3.8) is 0 Å². The first kappa shape index (κ1) is 29.6. The summed E-state index contributed by atoms with van der Waals surface area (Å²) in [5, 5.41) is 11.8. The lowest BCUT2D eigenvalue weighted by molar-refractivity contribution is -0.136. The van der Waals surface area contributed by atoms with E-state index in [0.29, 0.717) is 18.2 Å². The van der Waals surface area contributed by atoms with Crippen molar-refractivity contribution in [3.8, 4) is 23.0 Å². The van der Waals surface area contributed by atoms with Gasteiger partial charge in [0.15, 0.2) is 17.2 Å². The third kappa shape index (κ3) is 6.75. The first-order valence-corrected chi connectivity index (χ1v) is 13.4. The van der Waals surface area contributed by atoms with Crippen LogP contribution in [-0.2, 0) is 21.2 Å². The summed E-state index contributed by atoms with van der Waals surface area (Å²) in [5.74, 6) is -4.04. The van der Waals surface area contributed by atoms with E-state index in [-0.39, 0.29) is 45.1 Å². The summed E-state index contributed by atoms with van der Waals surface area (Å²) in [5.41, 5.74) is 0.0959. The van der Waals surface area contributed by atoms with Gasteiger partial charge in [0.25, 0.3) is 15.9 Å². The molecule has 0 radical (unpaired) electrons. The normalized spacial score (nSPS) is 11.0. The van der Waals surface area contributed by atoms with Crippen LogP contribution < -0.4 is 24.2 Å². The number of aliphatic carboxylic acids is 1. The van der Waals surface area contributed by atoms with Gasteiger partial charge in [-0.25, -0.2) is 17.2 Å². The molecule has 0 aliphatic rings. The minimum absolute atomic E-state index is 0.0387. The van der Waals surface area contributed by atoms with Gasteiger partial charge in [0.05, 0.1) is 30.8 Å². The predicted molar refractivity (Wildman–Crippen MR) is 140 cm³/mol. The van der Waals surface area contributed by atoms with Crippen molar-refractivity contribution >= 4 is 43.5 Å². The Morgan fingerprint density at radius 2 is 1.72 bits per heavy atom. The molecule has 0 saturated heterocycles. The Bertz CT molecular complexity index is 1530. The van der Waals surface area contributed by atoms with Crippen LogP contribution in [0.4, 0.5) is 14.5 Å². The second-order valence-electron chi connectivity index (χ2n) is 7.84. The zero-order chi connectivity index (χ0) is 28.9. The van der Waals surface area contributed by atoms with Crippen molar-refractivity contribution in [1.82, 2.24) is 5.32 Å². The Morgan fingerprint density at radius 3 is 2.31 bits per heavy atom. The molecule has 0 aliphatic carbocycles. The van der Waals surface area contributed by atoms with Gasteiger partial charge in [-0.3, -0.25) is 14.3 Å². The molecule has 0 bridgehead atoms. The molecule has 208 valence electrons. The van der Waals surface area contributed by atoms with E-state index in [1.54, 1.807) is 6.92 Å². The maximum atomic E-state index is 14.3. The van der Waals surface area contributed by atoms with Gasteiger partial charge < -0.3 is 24.6 Å². The second kappa shape index (κ2) is 12.3. The number of ether oxygens (including phenoxy) is 3. The van der Waals surface area contributed by atoms with Gasteiger partial charge in [-0.05, 0) is 64.8 Å². The van der Waals surface area contributed by atoms with Crippen LogP contribution in [-0.4, -0.2) is 46.2 Å². The molecule has 0 aromatic heterocycles. The highest BCUT2D eigenvalue weighted by Crippen LogP contribution is 2.48. The number of hydrogen-bond donors (Lipinski definition) is 3. The highest BCUT2D eigenvalue weighted by Gasteiger charge is 2.26. The summed E-state index contributed by atoms with van der Waals surface area (Å²) in [6.07, 6.45) is -0.372. The summed E-state index contributed by atoms with van der Waals surface area (Å²) in [7, 11) is -2.02. The van der Waals surface area contributed by atoms with Gasteiger partial charge in [0.1, 0.15) is 16.5 Å². The molecule has 1 amide bonds. The molecule has 0 saturated carbocycles. The first-order chi connectivity index (χ1) is 18.4. The van der Waals surface area contributed by atoms with Gasteiger partial charge in [0.2, 0.25) is 5.75 Å². The summed E-state index contributed by atoms with van der Waals surface area (Å²) >= 11 is 3.30. The lowest BCUT2D eigenvalue weighted by Gasteiger charge is -2.20. The topological polar surface area (TPSA) is 140 Å². The fourth-order valence-electron chi connectivity index (χ4n) is 3.47.